The number of aliphatic hydroxyl groups is 4. The summed E-state index contributed by atoms with van der Waals surface area (Å²) in [5, 5.41) is 64.7. The third-order valence-electron chi connectivity index (χ3n) is 14.0. The van der Waals surface area contributed by atoms with E-state index in [0.29, 0.717) is 44.2 Å². The predicted molar refractivity (Wildman–Crippen MR) is 306 cm³/mol. The number of amides is 4. The average Bonchev–Trinajstić information content (AvgIpc) is 3.50. The third kappa shape index (κ3) is 22.1. The van der Waals surface area contributed by atoms with E-state index >= 15 is 0 Å². The maximum Gasteiger partial charge on any atom is 0.410 e. The summed E-state index contributed by atoms with van der Waals surface area (Å²) < 4.78 is 42.6. The molecule has 3 fully saturated rings. The Labute approximate surface area is 482 Å². The molecule has 9 N–H and O–H groups in total. The lowest BCUT2D eigenvalue weighted by molar-refractivity contribution is -0.305. The van der Waals surface area contributed by atoms with Crippen molar-refractivity contribution in [1.29, 1.82) is 0 Å². The van der Waals surface area contributed by atoms with E-state index in [2.05, 4.69) is 44.6 Å². The van der Waals surface area contributed by atoms with E-state index in [9.17, 15) is 39.6 Å². The van der Waals surface area contributed by atoms with Gasteiger partial charge in [0.25, 0.3) is 0 Å². The van der Waals surface area contributed by atoms with Crippen molar-refractivity contribution >= 4 is 24.2 Å². The van der Waals surface area contributed by atoms with E-state index in [-0.39, 0.29) is 62.5 Å². The Morgan fingerprint density at radius 3 is 2.04 bits per heavy atom. The highest BCUT2D eigenvalue weighted by Gasteiger charge is 2.56. The molecule has 3 heterocycles. The first kappa shape index (κ1) is 68.9. The molecule has 0 bridgehead atoms. The standard InChI is InChI=1S/C58H104N8O15/c1-34(41(67)24-26-60-35(2)78-54(6,7)8)61-40-29-39(63-50(71)79-55(9,10)11)43(44(69)47(40)77-49-45(70)48(58(18,74)33-75-49)65(20)51(72)80-56(12,13)14)46-38(62-42(68)30-53(3,4)5)22-21-37(76-46)31-59-25-23-36-32-66(28-27-64(36)19)52(73)81-57(15,16)17/h21,36,38-41,43-49,59-61,67,69-70,74H,1-2,22-33H2,3-20H3,(H,62,68)(H,63,71)/t36?,38-,39+,40-,41+,43?,44+,45-,46+,47+,48-,49-,58+/m1/s1. The summed E-state index contributed by atoms with van der Waals surface area (Å²) >= 11 is 0. The highest BCUT2D eigenvalue weighted by molar-refractivity contribution is 5.77. The van der Waals surface area contributed by atoms with Crippen LogP contribution < -0.4 is 26.6 Å². The minimum Gasteiger partial charge on any atom is -0.491 e. The number of alkyl carbamates (subject to hydrolysis) is 1. The maximum absolute atomic E-state index is 14.0. The molecule has 0 radical (unpaired) electrons. The molecule has 23 nitrogen and oxygen atoms in total. The Morgan fingerprint density at radius 2 is 1.44 bits per heavy atom. The smallest absolute Gasteiger partial charge is 0.410 e. The molecule has 0 spiro atoms. The largest absolute Gasteiger partial charge is 0.491 e. The van der Waals surface area contributed by atoms with Gasteiger partial charge in [-0.05, 0) is 147 Å². The molecule has 1 aliphatic carbocycles. The van der Waals surface area contributed by atoms with Gasteiger partial charge in [-0.3, -0.25) is 9.69 Å². The van der Waals surface area contributed by atoms with Gasteiger partial charge in [0.2, 0.25) is 5.91 Å². The van der Waals surface area contributed by atoms with Crippen LogP contribution in [0.3, 0.4) is 0 Å². The van der Waals surface area contributed by atoms with Crippen molar-refractivity contribution in [3.63, 3.8) is 0 Å². The quantitative estimate of drug-likeness (QED) is 0.0458. The fourth-order valence-corrected chi connectivity index (χ4v) is 10.5. The van der Waals surface area contributed by atoms with E-state index in [1.54, 1.807) is 46.4 Å². The molecule has 23 heteroatoms. The molecule has 1 saturated carbocycles. The molecule has 466 valence electrons. The van der Waals surface area contributed by atoms with E-state index < -0.39 is 119 Å². The number of rotatable bonds is 20. The van der Waals surface area contributed by atoms with Crippen molar-refractivity contribution in [3.05, 3.63) is 36.6 Å². The Morgan fingerprint density at radius 1 is 0.827 bits per heavy atom. The SMILES string of the molecule is C=C(NCC[C@H](O)C(=C)N[C@@H]1C[C@H](NC(=O)OC(C)(C)C)C([C@H]2OC(CNCCC3CN(C(=O)OC(C)(C)C)CCN3C)=CC[C@H]2NC(=O)CC(C)(C)C)[C@H](O)[C@H]1O[C@H]1OC[C@](C)(O)[C@H](N(C)C(=O)OC(C)(C)C)[C@H]1O)OC(C)(C)C. The zero-order valence-corrected chi connectivity index (χ0v) is 52.0. The Balaban J connectivity index is 1.75. The average molecular weight is 1150 g/mol. The summed E-state index contributed by atoms with van der Waals surface area (Å²) in [5.74, 6) is -0.538. The van der Waals surface area contributed by atoms with Gasteiger partial charge >= 0.3 is 18.3 Å². The predicted octanol–water partition coefficient (Wildman–Crippen LogP) is 4.57. The van der Waals surface area contributed by atoms with Crippen LogP contribution in [-0.2, 0) is 38.0 Å². The first-order valence-corrected chi connectivity index (χ1v) is 28.6. The van der Waals surface area contributed by atoms with Gasteiger partial charge in [0, 0.05) is 63.3 Å². The lowest BCUT2D eigenvalue weighted by atomic mass is 9.72. The second-order valence-electron chi connectivity index (χ2n) is 27.8. The van der Waals surface area contributed by atoms with Crippen LogP contribution in [0.15, 0.2) is 36.6 Å². The van der Waals surface area contributed by atoms with Crippen molar-refractivity contribution in [2.45, 2.75) is 238 Å². The number of likely N-dealkylation sites (N-methyl/N-ethyl adjacent to an activating group) is 2. The normalized spacial score (nSPS) is 29.2. The number of nitrogens with one attached hydrogen (secondary N) is 5. The minimum absolute atomic E-state index is 0.0390. The van der Waals surface area contributed by atoms with Crippen LogP contribution in [0, 0.1) is 11.3 Å². The number of ether oxygens (including phenoxy) is 7. The Hall–Kier alpha value is -4.62. The minimum atomic E-state index is -1.81. The van der Waals surface area contributed by atoms with Crippen molar-refractivity contribution in [2.75, 3.05) is 60.0 Å². The number of hydrogen-bond acceptors (Lipinski definition) is 19. The van der Waals surface area contributed by atoms with Gasteiger partial charge < -0.3 is 90.0 Å². The first-order chi connectivity index (χ1) is 37.0. The molecule has 2 saturated heterocycles. The third-order valence-corrected chi connectivity index (χ3v) is 14.0. The number of piperazine rings is 1. The van der Waals surface area contributed by atoms with Gasteiger partial charge in [0.05, 0.1) is 43.5 Å². The molecular formula is C58H104N8O15. The lowest BCUT2D eigenvalue weighted by Gasteiger charge is -2.52. The van der Waals surface area contributed by atoms with Crippen molar-refractivity contribution in [2.24, 2.45) is 11.3 Å². The summed E-state index contributed by atoms with van der Waals surface area (Å²) in [6, 6.07) is -4.06. The van der Waals surface area contributed by atoms with Crippen LogP contribution in [0.5, 0.6) is 0 Å². The van der Waals surface area contributed by atoms with E-state index in [4.69, 9.17) is 33.2 Å². The van der Waals surface area contributed by atoms with Crippen molar-refractivity contribution in [3.8, 4) is 0 Å². The van der Waals surface area contributed by atoms with E-state index in [1.165, 1.54) is 14.0 Å². The lowest BCUT2D eigenvalue weighted by Crippen LogP contribution is -2.70. The second-order valence-corrected chi connectivity index (χ2v) is 27.8. The number of carbonyl (C=O) groups is 4. The molecular weight excluding hydrogens is 1050 g/mol. The Bertz CT molecular complexity index is 2160. The monoisotopic (exact) mass is 1150 g/mol. The van der Waals surface area contributed by atoms with Gasteiger partial charge in [-0.2, -0.15) is 0 Å². The van der Waals surface area contributed by atoms with E-state index in [1.807, 2.05) is 75.4 Å². The molecule has 4 amide bonds. The maximum atomic E-state index is 14.0. The first-order valence-electron chi connectivity index (χ1n) is 28.6. The molecule has 13 atom stereocenters. The highest BCUT2D eigenvalue weighted by atomic mass is 16.7. The second kappa shape index (κ2) is 27.8. The zero-order chi connectivity index (χ0) is 61.4. The molecule has 2 unspecified atom stereocenters. The number of nitrogens with zero attached hydrogens (tertiary/aromatic N) is 3. The molecule has 81 heavy (non-hydrogen) atoms. The molecule has 0 aromatic carbocycles. The van der Waals surface area contributed by atoms with Gasteiger partial charge in [0.1, 0.15) is 52.1 Å². The number of hydrogen-bond donors (Lipinski definition) is 9. The van der Waals surface area contributed by atoms with Crippen LogP contribution in [0.25, 0.3) is 0 Å². The van der Waals surface area contributed by atoms with Gasteiger partial charge in [-0.1, -0.05) is 27.4 Å². The number of carbonyl (C=O) groups excluding carboxylic acids is 4. The summed E-state index contributed by atoms with van der Waals surface area (Å²) in [7, 11) is 3.41. The summed E-state index contributed by atoms with van der Waals surface area (Å²) in [6.07, 6.45) is -7.44. The highest BCUT2D eigenvalue weighted by Crippen LogP contribution is 2.39. The van der Waals surface area contributed by atoms with Crippen LogP contribution in [0.4, 0.5) is 14.4 Å². The topological polar surface area (TPSA) is 284 Å². The summed E-state index contributed by atoms with van der Waals surface area (Å²) in [4.78, 5) is 59.5. The molecule has 0 aromatic heterocycles. The fraction of sp³-hybridized carbons (Fsp3) is 0.828. The van der Waals surface area contributed by atoms with Crippen LogP contribution in [0.1, 0.15) is 143 Å². The van der Waals surface area contributed by atoms with E-state index in [0.717, 1.165) is 4.90 Å². The summed E-state index contributed by atoms with van der Waals surface area (Å²) in [6.45, 7) is 39.1. The van der Waals surface area contributed by atoms with Crippen LogP contribution in [-0.4, -0.2) is 214 Å². The zero-order valence-electron chi connectivity index (χ0n) is 52.0. The fourth-order valence-electron chi connectivity index (χ4n) is 10.5. The molecule has 0 aromatic rings. The van der Waals surface area contributed by atoms with Crippen molar-refractivity contribution < 1.29 is 72.8 Å². The van der Waals surface area contributed by atoms with Gasteiger partial charge in [0.15, 0.2) is 12.2 Å². The molecule has 4 rings (SSSR count). The number of aliphatic hydroxyl groups excluding tert-OH is 3. The van der Waals surface area contributed by atoms with Crippen LogP contribution in [0.2, 0.25) is 0 Å². The van der Waals surface area contributed by atoms with Gasteiger partial charge in [-0.15, -0.1) is 0 Å². The molecule has 4 aliphatic rings. The van der Waals surface area contributed by atoms with Crippen LogP contribution >= 0.6 is 0 Å². The van der Waals surface area contributed by atoms with Crippen molar-refractivity contribution in [1.82, 2.24) is 41.3 Å². The Kier molecular flexibility index (Phi) is 23.7. The summed E-state index contributed by atoms with van der Waals surface area (Å²) in [5.41, 5.74) is -5.06. The van der Waals surface area contributed by atoms with Gasteiger partial charge in [-0.25, -0.2) is 14.4 Å². The molecule has 3 aliphatic heterocycles.